The number of aliphatic hydroxyl groups is 1. The zero-order chi connectivity index (χ0) is 22.2. The van der Waals surface area contributed by atoms with E-state index in [0.29, 0.717) is 32.0 Å². The van der Waals surface area contributed by atoms with Crippen molar-refractivity contribution in [1.82, 2.24) is 14.2 Å². The van der Waals surface area contributed by atoms with Gasteiger partial charge in [-0.1, -0.05) is 0 Å². The summed E-state index contributed by atoms with van der Waals surface area (Å²) >= 11 is 0. The number of likely N-dealkylation sites (tertiary alicyclic amines) is 1. The van der Waals surface area contributed by atoms with E-state index in [1.165, 1.54) is 4.31 Å². The van der Waals surface area contributed by atoms with Gasteiger partial charge in [0.2, 0.25) is 10.0 Å². The summed E-state index contributed by atoms with van der Waals surface area (Å²) in [5.74, 6) is -0.133. The number of aromatic nitrogens is 1. The van der Waals surface area contributed by atoms with Crippen molar-refractivity contribution in [3.8, 4) is 0 Å². The highest BCUT2D eigenvalue weighted by atomic mass is 32.2. The Morgan fingerprint density at radius 3 is 2.26 bits per heavy atom. The Hall–Kier alpha value is -1.23. The Morgan fingerprint density at radius 1 is 1.10 bits per heavy atom. The third-order valence-electron chi connectivity index (χ3n) is 7.47. The Labute approximate surface area is 180 Å². The average Bonchev–Trinajstić information content (AvgIpc) is 3.44. The maximum Gasteiger partial charge on any atom is 0.433 e. The molecule has 31 heavy (non-hydrogen) atoms. The minimum absolute atomic E-state index is 0.0495. The Kier molecular flexibility index (Phi) is 4.80. The van der Waals surface area contributed by atoms with Gasteiger partial charge in [0, 0.05) is 43.8 Å². The van der Waals surface area contributed by atoms with E-state index in [4.69, 9.17) is 0 Å². The predicted octanol–water partition coefficient (Wildman–Crippen LogP) is 2.98. The van der Waals surface area contributed by atoms with Gasteiger partial charge in [-0.3, -0.25) is 9.88 Å². The van der Waals surface area contributed by atoms with Crippen LogP contribution in [0.2, 0.25) is 0 Å². The monoisotopic (exact) mass is 459 g/mol. The van der Waals surface area contributed by atoms with Crippen molar-refractivity contribution in [2.75, 3.05) is 26.2 Å². The van der Waals surface area contributed by atoms with Gasteiger partial charge in [-0.25, -0.2) is 8.42 Å². The summed E-state index contributed by atoms with van der Waals surface area (Å²) in [6.07, 6.45) is 1.19. The molecule has 0 amide bonds. The topological polar surface area (TPSA) is 73.7 Å². The lowest BCUT2D eigenvalue weighted by Gasteiger charge is -2.62. The smallest absolute Gasteiger partial charge is 0.390 e. The molecule has 6 nitrogen and oxygen atoms in total. The number of hydrogen-bond acceptors (Lipinski definition) is 5. The van der Waals surface area contributed by atoms with E-state index >= 15 is 0 Å². The first-order valence-electron chi connectivity index (χ1n) is 10.9. The van der Waals surface area contributed by atoms with Gasteiger partial charge in [0.25, 0.3) is 0 Å². The molecule has 5 rings (SSSR count). The molecule has 2 saturated heterocycles. The molecule has 1 N–H and O–H groups in total. The first kappa shape index (κ1) is 21.6. The number of halogens is 3. The summed E-state index contributed by atoms with van der Waals surface area (Å²) in [5.41, 5.74) is -1.40. The van der Waals surface area contributed by atoms with Gasteiger partial charge < -0.3 is 5.11 Å². The van der Waals surface area contributed by atoms with E-state index in [0.717, 1.165) is 51.0 Å². The second-order valence-electron chi connectivity index (χ2n) is 10.3. The van der Waals surface area contributed by atoms with Crippen molar-refractivity contribution in [2.24, 2.45) is 5.41 Å². The summed E-state index contributed by atoms with van der Waals surface area (Å²) in [6.45, 7) is 4.36. The minimum Gasteiger partial charge on any atom is -0.390 e. The lowest BCUT2D eigenvalue weighted by Crippen LogP contribution is -2.74. The second kappa shape index (κ2) is 6.88. The van der Waals surface area contributed by atoms with Crippen LogP contribution in [0.15, 0.2) is 17.2 Å². The van der Waals surface area contributed by atoms with Crippen LogP contribution in [0.1, 0.15) is 62.6 Å². The number of nitrogens with zero attached hydrogens (tertiary/aromatic N) is 3. The SMILES string of the molecule is CC1(O)CCC(N2CC3(C2)CN(S(=O)(=O)c2cnc(C(F)(F)F)cc2C2CC2)C3)CC1. The highest BCUT2D eigenvalue weighted by Crippen LogP contribution is 2.48. The van der Waals surface area contributed by atoms with Crippen LogP contribution in [0, 0.1) is 5.41 Å². The third-order valence-corrected chi connectivity index (χ3v) is 9.31. The van der Waals surface area contributed by atoms with Gasteiger partial charge in [-0.15, -0.1) is 0 Å². The molecule has 1 spiro atoms. The zero-order valence-corrected chi connectivity index (χ0v) is 18.3. The molecule has 1 aromatic rings. The van der Waals surface area contributed by atoms with Gasteiger partial charge >= 0.3 is 6.18 Å². The predicted molar refractivity (Wildman–Crippen MR) is 107 cm³/mol. The summed E-state index contributed by atoms with van der Waals surface area (Å²) in [7, 11) is -3.85. The molecule has 2 saturated carbocycles. The van der Waals surface area contributed by atoms with Crippen LogP contribution in [0.5, 0.6) is 0 Å². The number of alkyl halides is 3. The molecular weight excluding hydrogens is 431 g/mol. The van der Waals surface area contributed by atoms with Crippen molar-refractivity contribution in [2.45, 2.75) is 74.1 Å². The molecule has 3 heterocycles. The van der Waals surface area contributed by atoms with E-state index < -0.39 is 27.5 Å². The Morgan fingerprint density at radius 2 is 1.71 bits per heavy atom. The molecule has 2 aliphatic heterocycles. The maximum absolute atomic E-state index is 13.2. The van der Waals surface area contributed by atoms with Crippen LogP contribution in [0.3, 0.4) is 0 Å². The van der Waals surface area contributed by atoms with Crippen molar-refractivity contribution in [3.63, 3.8) is 0 Å². The van der Waals surface area contributed by atoms with Crippen LogP contribution in [0.25, 0.3) is 0 Å². The van der Waals surface area contributed by atoms with E-state index in [2.05, 4.69) is 9.88 Å². The molecule has 0 unspecified atom stereocenters. The number of sulfonamides is 1. The van der Waals surface area contributed by atoms with E-state index in [1.807, 2.05) is 6.92 Å². The van der Waals surface area contributed by atoms with Crippen molar-refractivity contribution in [1.29, 1.82) is 0 Å². The lowest BCUT2D eigenvalue weighted by molar-refractivity contribution is -0.141. The van der Waals surface area contributed by atoms with E-state index in [-0.39, 0.29) is 21.8 Å². The highest BCUT2D eigenvalue weighted by Gasteiger charge is 2.57. The van der Waals surface area contributed by atoms with E-state index in [1.54, 1.807) is 0 Å². The standard InChI is InChI=1S/C21H28F3N3O3S/c1-19(28)6-4-15(5-7-19)26-10-20(11-26)12-27(13-20)31(29,30)17-9-25-18(21(22,23)24)8-16(17)14-2-3-14/h8-9,14-15,28H,2-7,10-13H2,1H3. The van der Waals surface area contributed by atoms with Crippen LogP contribution in [0.4, 0.5) is 13.2 Å². The van der Waals surface area contributed by atoms with Crippen molar-refractivity contribution >= 4 is 10.0 Å². The Bertz CT molecular complexity index is 967. The van der Waals surface area contributed by atoms with Gasteiger partial charge in [-0.05, 0) is 63.0 Å². The van der Waals surface area contributed by atoms with Crippen LogP contribution >= 0.6 is 0 Å². The maximum atomic E-state index is 13.2. The minimum atomic E-state index is -4.59. The zero-order valence-electron chi connectivity index (χ0n) is 17.5. The van der Waals surface area contributed by atoms with Crippen LogP contribution < -0.4 is 0 Å². The first-order valence-corrected chi connectivity index (χ1v) is 12.4. The molecule has 0 aromatic carbocycles. The lowest BCUT2D eigenvalue weighted by atomic mass is 9.72. The van der Waals surface area contributed by atoms with E-state index in [9.17, 15) is 26.7 Å². The number of hydrogen-bond donors (Lipinski definition) is 1. The fraction of sp³-hybridized carbons (Fsp3) is 0.762. The second-order valence-corrected chi connectivity index (χ2v) is 12.2. The molecule has 0 radical (unpaired) electrons. The molecule has 4 aliphatic rings. The average molecular weight is 460 g/mol. The molecular formula is C21H28F3N3O3S. The van der Waals surface area contributed by atoms with Gasteiger partial charge in [0.1, 0.15) is 10.6 Å². The molecule has 4 fully saturated rings. The molecule has 0 bridgehead atoms. The molecule has 1 aromatic heterocycles. The Balaban J connectivity index is 1.25. The quantitative estimate of drug-likeness (QED) is 0.750. The highest BCUT2D eigenvalue weighted by molar-refractivity contribution is 7.89. The van der Waals surface area contributed by atoms with Crippen LogP contribution in [-0.4, -0.2) is 65.5 Å². The summed E-state index contributed by atoms with van der Waals surface area (Å²) in [5, 5.41) is 10.1. The fourth-order valence-corrected chi connectivity index (χ4v) is 7.29. The summed E-state index contributed by atoms with van der Waals surface area (Å²) in [6, 6.07) is 1.36. The third kappa shape index (κ3) is 3.89. The van der Waals surface area contributed by atoms with Crippen molar-refractivity contribution in [3.05, 3.63) is 23.5 Å². The molecule has 172 valence electrons. The number of rotatable bonds is 4. The largest absolute Gasteiger partial charge is 0.433 e. The normalized spacial score (nSPS) is 32.0. The fourth-order valence-electron chi connectivity index (χ4n) is 5.42. The first-order chi connectivity index (χ1) is 14.4. The molecule has 2 aliphatic carbocycles. The van der Waals surface area contributed by atoms with Gasteiger partial charge in [-0.2, -0.15) is 17.5 Å². The summed E-state index contributed by atoms with van der Waals surface area (Å²) in [4.78, 5) is 5.74. The number of pyridine rings is 1. The van der Waals surface area contributed by atoms with Crippen molar-refractivity contribution < 1.29 is 26.7 Å². The van der Waals surface area contributed by atoms with Crippen LogP contribution in [-0.2, 0) is 16.2 Å². The molecule has 0 atom stereocenters. The van der Waals surface area contributed by atoms with Gasteiger partial charge in [0.05, 0.1) is 5.60 Å². The van der Waals surface area contributed by atoms with Gasteiger partial charge in [0.15, 0.2) is 0 Å². The molecule has 10 heteroatoms. The summed E-state index contributed by atoms with van der Waals surface area (Å²) < 4.78 is 66.9.